The molecule has 0 aliphatic rings. The lowest BCUT2D eigenvalue weighted by Crippen LogP contribution is -2.33. The number of rotatable bonds is 4. The van der Waals surface area contributed by atoms with E-state index in [0.29, 0.717) is 13.0 Å². The molecule has 0 saturated heterocycles. The molecule has 0 aliphatic carbocycles. The average Bonchev–Trinajstić information content (AvgIpc) is 2.19. The summed E-state index contributed by atoms with van der Waals surface area (Å²) >= 11 is 0. The van der Waals surface area contributed by atoms with Gasteiger partial charge in [-0.15, -0.1) is 0 Å². The predicted molar refractivity (Wildman–Crippen MR) is 55.8 cm³/mol. The van der Waals surface area contributed by atoms with E-state index in [1.807, 2.05) is 26.0 Å². The van der Waals surface area contributed by atoms with Gasteiger partial charge in [0.25, 0.3) is 0 Å². The molecule has 14 heavy (non-hydrogen) atoms. The molecule has 0 fully saturated rings. The van der Waals surface area contributed by atoms with Crippen molar-refractivity contribution in [1.29, 1.82) is 0 Å². The highest BCUT2D eigenvalue weighted by Gasteiger charge is 2.25. The number of carbonyl (C=O) groups excluding carboxylic acids is 1. The third-order valence-corrected chi connectivity index (χ3v) is 2.35. The summed E-state index contributed by atoms with van der Waals surface area (Å²) in [5, 5.41) is 0. The summed E-state index contributed by atoms with van der Waals surface area (Å²) in [5.41, 5.74) is 6.03. The number of carbonyl (C=O) groups is 1. The van der Waals surface area contributed by atoms with Crippen molar-refractivity contribution in [2.45, 2.75) is 20.3 Å². The first-order valence-corrected chi connectivity index (χ1v) is 4.68. The molecular weight excluding hydrogens is 176 g/mol. The zero-order chi connectivity index (χ0) is 10.6. The second-order valence-electron chi connectivity index (χ2n) is 4.05. The Morgan fingerprint density at radius 1 is 1.57 bits per heavy atom. The fraction of sp³-hybridized carbons (Fsp3) is 0.455. The van der Waals surface area contributed by atoms with Gasteiger partial charge in [0.15, 0.2) is 0 Å². The fourth-order valence-corrected chi connectivity index (χ4v) is 1.04. The smallest absolute Gasteiger partial charge is 0.144 e. The minimum absolute atomic E-state index is 0.160. The van der Waals surface area contributed by atoms with E-state index in [9.17, 15) is 4.79 Å². The Morgan fingerprint density at radius 2 is 2.29 bits per heavy atom. The summed E-state index contributed by atoms with van der Waals surface area (Å²) in [6.07, 6.45) is 3.82. The van der Waals surface area contributed by atoms with Crippen LogP contribution in [0.3, 0.4) is 0 Å². The van der Waals surface area contributed by atoms with Gasteiger partial charge >= 0.3 is 0 Å². The number of aromatic nitrogens is 1. The first-order chi connectivity index (χ1) is 6.56. The molecule has 0 spiro atoms. The first kappa shape index (κ1) is 10.9. The number of hydrogen-bond acceptors (Lipinski definition) is 3. The third-order valence-electron chi connectivity index (χ3n) is 2.35. The van der Waals surface area contributed by atoms with Gasteiger partial charge in [-0.2, -0.15) is 0 Å². The quantitative estimate of drug-likeness (QED) is 0.779. The Balaban J connectivity index is 2.67. The molecule has 0 saturated carbocycles. The minimum Gasteiger partial charge on any atom is -0.329 e. The molecule has 0 atom stereocenters. The lowest BCUT2D eigenvalue weighted by Gasteiger charge is -2.20. The zero-order valence-corrected chi connectivity index (χ0v) is 8.66. The monoisotopic (exact) mass is 192 g/mol. The lowest BCUT2D eigenvalue weighted by atomic mass is 9.85. The zero-order valence-electron chi connectivity index (χ0n) is 8.66. The van der Waals surface area contributed by atoms with Gasteiger partial charge in [-0.1, -0.05) is 19.9 Å². The van der Waals surface area contributed by atoms with Crippen molar-refractivity contribution in [2.75, 3.05) is 6.54 Å². The van der Waals surface area contributed by atoms with Crippen LogP contribution in [0.25, 0.3) is 0 Å². The van der Waals surface area contributed by atoms with E-state index in [0.717, 1.165) is 5.56 Å². The van der Waals surface area contributed by atoms with Gasteiger partial charge < -0.3 is 5.73 Å². The van der Waals surface area contributed by atoms with Crippen molar-refractivity contribution in [3.05, 3.63) is 30.1 Å². The van der Waals surface area contributed by atoms with Crippen molar-refractivity contribution >= 4 is 5.78 Å². The summed E-state index contributed by atoms with van der Waals surface area (Å²) in [4.78, 5) is 15.7. The Hall–Kier alpha value is -1.22. The minimum atomic E-state index is -0.435. The molecule has 1 heterocycles. The van der Waals surface area contributed by atoms with Crippen LogP contribution in [0.2, 0.25) is 0 Å². The van der Waals surface area contributed by atoms with Gasteiger partial charge in [-0.3, -0.25) is 9.78 Å². The molecule has 3 nitrogen and oxygen atoms in total. The van der Waals surface area contributed by atoms with E-state index in [4.69, 9.17) is 5.73 Å². The fourth-order valence-electron chi connectivity index (χ4n) is 1.04. The molecule has 2 N–H and O–H groups in total. The van der Waals surface area contributed by atoms with Gasteiger partial charge in [-0.25, -0.2) is 0 Å². The number of ketones is 1. The molecule has 1 aromatic heterocycles. The first-order valence-electron chi connectivity index (χ1n) is 4.68. The van der Waals surface area contributed by atoms with Crippen molar-refractivity contribution in [2.24, 2.45) is 11.1 Å². The molecule has 76 valence electrons. The van der Waals surface area contributed by atoms with Crippen LogP contribution in [0, 0.1) is 5.41 Å². The number of pyridine rings is 1. The lowest BCUT2D eigenvalue weighted by molar-refractivity contribution is -0.125. The maximum absolute atomic E-state index is 11.8. The molecule has 0 aliphatic heterocycles. The van der Waals surface area contributed by atoms with Gasteiger partial charge in [0.05, 0.1) is 0 Å². The van der Waals surface area contributed by atoms with Gasteiger partial charge in [0, 0.05) is 30.8 Å². The molecule has 1 rings (SSSR count). The van der Waals surface area contributed by atoms with Crippen LogP contribution in [-0.4, -0.2) is 17.3 Å². The molecule has 1 aromatic rings. The highest BCUT2D eigenvalue weighted by atomic mass is 16.1. The Bertz CT molecular complexity index is 306. The molecule has 0 bridgehead atoms. The van der Waals surface area contributed by atoms with Crippen molar-refractivity contribution < 1.29 is 4.79 Å². The molecule has 0 aromatic carbocycles. The van der Waals surface area contributed by atoms with E-state index in [1.54, 1.807) is 12.4 Å². The van der Waals surface area contributed by atoms with Crippen molar-refractivity contribution in [3.63, 3.8) is 0 Å². The second-order valence-corrected chi connectivity index (χ2v) is 4.05. The predicted octanol–water partition coefficient (Wildman–Crippen LogP) is 1.18. The van der Waals surface area contributed by atoms with E-state index in [2.05, 4.69) is 4.98 Å². The van der Waals surface area contributed by atoms with Crippen LogP contribution in [0.5, 0.6) is 0 Å². The summed E-state index contributed by atoms with van der Waals surface area (Å²) in [7, 11) is 0. The van der Waals surface area contributed by atoms with E-state index in [-0.39, 0.29) is 5.78 Å². The van der Waals surface area contributed by atoms with Crippen LogP contribution in [0.1, 0.15) is 19.4 Å². The molecule has 0 unspecified atom stereocenters. The second kappa shape index (κ2) is 4.33. The number of nitrogens with two attached hydrogens (primary N) is 1. The normalized spacial score (nSPS) is 11.4. The summed E-state index contributed by atoms with van der Waals surface area (Å²) in [5.74, 6) is 0.160. The van der Waals surface area contributed by atoms with E-state index >= 15 is 0 Å². The third kappa shape index (κ3) is 2.64. The average molecular weight is 192 g/mol. The number of Topliss-reactive ketones (excluding diaryl/α,β-unsaturated/α-hetero) is 1. The standard InChI is InChI=1S/C11H16N2O/c1-11(2,8-12)10(14)6-9-4-3-5-13-7-9/h3-5,7H,6,8,12H2,1-2H3. The Kier molecular flexibility index (Phi) is 3.36. The summed E-state index contributed by atoms with van der Waals surface area (Å²) in [6, 6.07) is 3.73. The van der Waals surface area contributed by atoms with Gasteiger partial charge in [-0.05, 0) is 11.6 Å². The largest absolute Gasteiger partial charge is 0.329 e. The van der Waals surface area contributed by atoms with Crippen LogP contribution in [-0.2, 0) is 11.2 Å². The van der Waals surface area contributed by atoms with Crippen LogP contribution < -0.4 is 5.73 Å². The van der Waals surface area contributed by atoms with Crippen LogP contribution in [0.15, 0.2) is 24.5 Å². The topological polar surface area (TPSA) is 56.0 Å². The number of hydrogen-bond donors (Lipinski definition) is 1. The molecule has 0 amide bonds. The van der Waals surface area contributed by atoms with Crippen LogP contribution >= 0.6 is 0 Å². The highest BCUT2D eigenvalue weighted by molar-refractivity contribution is 5.86. The maximum atomic E-state index is 11.8. The Labute approximate surface area is 84.3 Å². The Morgan fingerprint density at radius 3 is 2.79 bits per heavy atom. The van der Waals surface area contributed by atoms with E-state index < -0.39 is 5.41 Å². The molecule has 0 radical (unpaired) electrons. The van der Waals surface area contributed by atoms with Crippen LogP contribution in [0.4, 0.5) is 0 Å². The maximum Gasteiger partial charge on any atom is 0.144 e. The number of nitrogens with zero attached hydrogens (tertiary/aromatic N) is 1. The van der Waals surface area contributed by atoms with Gasteiger partial charge in [0.2, 0.25) is 0 Å². The molecule has 3 heteroatoms. The van der Waals surface area contributed by atoms with Gasteiger partial charge in [0.1, 0.15) is 5.78 Å². The van der Waals surface area contributed by atoms with E-state index in [1.165, 1.54) is 0 Å². The van der Waals surface area contributed by atoms with Crippen molar-refractivity contribution in [3.8, 4) is 0 Å². The molecular formula is C11H16N2O. The summed E-state index contributed by atoms with van der Waals surface area (Å²) in [6.45, 7) is 4.11. The summed E-state index contributed by atoms with van der Waals surface area (Å²) < 4.78 is 0. The highest BCUT2D eigenvalue weighted by Crippen LogP contribution is 2.16. The van der Waals surface area contributed by atoms with Crippen molar-refractivity contribution in [1.82, 2.24) is 4.98 Å². The SMILES string of the molecule is CC(C)(CN)C(=O)Cc1cccnc1.